The minimum atomic E-state index is 0.0251. The maximum atomic E-state index is 12.8. The quantitative estimate of drug-likeness (QED) is 0.641. The van der Waals surface area contributed by atoms with Gasteiger partial charge in [0, 0.05) is 18.7 Å². The summed E-state index contributed by atoms with van der Waals surface area (Å²) in [5.41, 5.74) is 6.49. The molecular weight excluding hydrogens is 328 g/mol. The molecule has 1 aliphatic heterocycles. The van der Waals surface area contributed by atoms with Crippen LogP contribution in [0.25, 0.3) is 6.08 Å². The number of methoxy groups -OCH3 is 1. The van der Waals surface area contributed by atoms with Crippen LogP contribution in [0.1, 0.15) is 27.0 Å². The first-order valence-electron chi connectivity index (χ1n) is 8.43. The predicted octanol–water partition coefficient (Wildman–Crippen LogP) is 3.40. The number of rotatable bonds is 5. The van der Waals surface area contributed by atoms with Crippen LogP contribution in [-0.2, 0) is 13.0 Å². The minimum absolute atomic E-state index is 0.0251. The fraction of sp³-hybridized carbons (Fsp3) is 0.190. The van der Waals surface area contributed by atoms with E-state index in [1.807, 2.05) is 22.5 Å². The molecule has 0 radical (unpaired) electrons. The summed E-state index contributed by atoms with van der Waals surface area (Å²) >= 11 is 0. The van der Waals surface area contributed by atoms with Crippen LogP contribution in [-0.4, -0.2) is 29.7 Å². The zero-order valence-corrected chi connectivity index (χ0v) is 14.7. The van der Waals surface area contributed by atoms with Gasteiger partial charge in [-0.1, -0.05) is 24.8 Å². The molecule has 26 heavy (non-hydrogen) atoms. The van der Waals surface area contributed by atoms with Gasteiger partial charge < -0.3 is 9.64 Å². The Balaban J connectivity index is 1.76. The number of nitrogens with zero attached hydrogens (tertiary/aromatic N) is 1. The second kappa shape index (κ2) is 7.89. The van der Waals surface area contributed by atoms with E-state index in [0.717, 1.165) is 23.3 Å². The number of nitrogens with one attached hydrogen (secondary N) is 1. The van der Waals surface area contributed by atoms with Gasteiger partial charge in [0.25, 0.3) is 5.91 Å². The molecule has 0 bridgehead atoms. The van der Waals surface area contributed by atoms with E-state index in [1.54, 1.807) is 37.5 Å². The number of hydroxylamine groups is 1. The molecule has 2 N–H and O–H groups in total. The molecule has 5 nitrogen and oxygen atoms in total. The monoisotopic (exact) mass is 350 g/mol. The first kappa shape index (κ1) is 17.8. The Bertz CT molecular complexity index is 841. The third-order valence-electron chi connectivity index (χ3n) is 4.49. The van der Waals surface area contributed by atoms with Crippen molar-refractivity contribution in [3.63, 3.8) is 0 Å². The van der Waals surface area contributed by atoms with E-state index in [1.165, 1.54) is 5.56 Å². The average Bonchev–Trinajstić information content (AvgIpc) is 2.70. The van der Waals surface area contributed by atoms with Crippen molar-refractivity contribution in [2.24, 2.45) is 0 Å². The van der Waals surface area contributed by atoms with Crippen molar-refractivity contribution in [1.29, 1.82) is 0 Å². The van der Waals surface area contributed by atoms with Gasteiger partial charge in [0.05, 0.1) is 12.8 Å². The summed E-state index contributed by atoms with van der Waals surface area (Å²) in [6.07, 6.45) is 4.41. The zero-order valence-electron chi connectivity index (χ0n) is 14.7. The fourth-order valence-electron chi connectivity index (χ4n) is 3.00. The molecule has 0 atom stereocenters. The number of amides is 1. The number of allylic oxidation sites excluding steroid dienone is 1. The van der Waals surface area contributed by atoms with Gasteiger partial charge in [0.2, 0.25) is 0 Å². The van der Waals surface area contributed by atoms with E-state index in [-0.39, 0.29) is 5.91 Å². The summed E-state index contributed by atoms with van der Waals surface area (Å²) in [5.74, 6) is 0.762. The third-order valence-corrected chi connectivity index (χ3v) is 4.49. The molecular formula is C21H22N2O3. The van der Waals surface area contributed by atoms with Crippen molar-refractivity contribution in [3.05, 3.63) is 83.1 Å². The van der Waals surface area contributed by atoms with Gasteiger partial charge in [-0.05, 0) is 59.5 Å². The Kier molecular flexibility index (Phi) is 5.39. The smallest absolute Gasteiger partial charge is 0.254 e. The van der Waals surface area contributed by atoms with Crippen molar-refractivity contribution in [2.45, 2.75) is 13.0 Å². The molecule has 134 valence electrons. The molecule has 1 amide bonds. The highest BCUT2D eigenvalue weighted by Crippen LogP contribution is 2.23. The van der Waals surface area contributed by atoms with Gasteiger partial charge in [-0.25, -0.2) is 0 Å². The first-order chi connectivity index (χ1) is 12.6. The van der Waals surface area contributed by atoms with Gasteiger partial charge in [0.15, 0.2) is 0 Å². The SMILES string of the molecule is C=C(/C=C/c1ccc2c(c1)CN(C(=O)c1ccc(OC)cc1)CC2)NO. The molecule has 0 saturated heterocycles. The van der Waals surface area contributed by atoms with Crippen LogP contribution in [0.2, 0.25) is 0 Å². The number of benzene rings is 2. The van der Waals surface area contributed by atoms with E-state index in [0.29, 0.717) is 24.4 Å². The van der Waals surface area contributed by atoms with Gasteiger partial charge >= 0.3 is 0 Å². The minimum Gasteiger partial charge on any atom is -0.497 e. The van der Waals surface area contributed by atoms with Crippen molar-refractivity contribution in [2.75, 3.05) is 13.7 Å². The maximum Gasteiger partial charge on any atom is 0.254 e. The Morgan fingerprint density at radius 3 is 2.69 bits per heavy atom. The Morgan fingerprint density at radius 1 is 1.23 bits per heavy atom. The molecule has 0 saturated carbocycles. The standard InChI is InChI=1S/C21H22N2O3/c1-15(22-25)3-4-16-5-6-17-11-12-23(14-19(17)13-16)21(24)18-7-9-20(26-2)10-8-18/h3-10,13,22,25H,1,11-12,14H2,2H3/b4-3+. The number of ether oxygens (including phenoxy) is 1. The van der Waals surface area contributed by atoms with Gasteiger partial charge in [0.1, 0.15) is 5.75 Å². The first-order valence-corrected chi connectivity index (χ1v) is 8.43. The molecule has 1 aliphatic rings. The second-order valence-electron chi connectivity index (χ2n) is 6.20. The molecule has 0 fully saturated rings. The highest BCUT2D eigenvalue weighted by Gasteiger charge is 2.21. The predicted molar refractivity (Wildman–Crippen MR) is 101 cm³/mol. The normalized spacial score (nSPS) is 13.4. The lowest BCUT2D eigenvalue weighted by Crippen LogP contribution is -2.35. The molecule has 5 heteroatoms. The molecule has 3 rings (SSSR count). The van der Waals surface area contributed by atoms with E-state index in [2.05, 4.69) is 18.7 Å². The Labute approximate surface area is 153 Å². The van der Waals surface area contributed by atoms with Gasteiger partial charge in [-0.2, -0.15) is 0 Å². The highest BCUT2D eigenvalue weighted by atomic mass is 16.5. The number of carbonyl (C=O) groups is 1. The van der Waals surface area contributed by atoms with Gasteiger partial charge in [-0.15, -0.1) is 0 Å². The number of carbonyl (C=O) groups excluding carboxylic acids is 1. The molecule has 2 aromatic carbocycles. The largest absolute Gasteiger partial charge is 0.497 e. The maximum absolute atomic E-state index is 12.8. The summed E-state index contributed by atoms with van der Waals surface area (Å²) < 4.78 is 5.14. The summed E-state index contributed by atoms with van der Waals surface area (Å²) in [6, 6.07) is 13.4. The molecule has 1 heterocycles. The van der Waals surface area contributed by atoms with Crippen molar-refractivity contribution >= 4 is 12.0 Å². The summed E-state index contributed by atoms with van der Waals surface area (Å²) in [7, 11) is 1.61. The molecule has 0 unspecified atom stereocenters. The van der Waals surface area contributed by atoms with Crippen LogP contribution in [0.5, 0.6) is 5.75 Å². The summed E-state index contributed by atoms with van der Waals surface area (Å²) in [6.45, 7) is 4.94. The lowest BCUT2D eigenvalue weighted by molar-refractivity contribution is 0.0734. The highest BCUT2D eigenvalue weighted by molar-refractivity contribution is 5.94. The Morgan fingerprint density at radius 2 is 2.00 bits per heavy atom. The number of hydrogen-bond acceptors (Lipinski definition) is 4. The van der Waals surface area contributed by atoms with Crippen LogP contribution < -0.4 is 10.2 Å². The van der Waals surface area contributed by atoms with E-state index >= 15 is 0 Å². The molecule has 0 aliphatic carbocycles. The molecule has 0 aromatic heterocycles. The van der Waals surface area contributed by atoms with Crippen LogP contribution in [0.15, 0.2) is 60.8 Å². The lowest BCUT2D eigenvalue weighted by Gasteiger charge is -2.29. The second-order valence-corrected chi connectivity index (χ2v) is 6.20. The van der Waals surface area contributed by atoms with E-state index in [4.69, 9.17) is 9.94 Å². The molecule has 0 spiro atoms. The zero-order chi connectivity index (χ0) is 18.5. The summed E-state index contributed by atoms with van der Waals surface area (Å²) in [4.78, 5) is 14.6. The topological polar surface area (TPSA) is 61.8 Å². The fourth-order valence-corrected chi connectivity index (χ4v) is 3.00. The third kappa shape index (κ3) is 3.95. The lowest BCUT2D eigenvalue weighted by atomic mass is 9.96. The molecule has 2 aromatic rings. The van der Waals surface area contributed by atoms with E-state index < -0.39 is 0 Å². The van der Waals surface area contributed by atoms with Crippen molar-refractivity contribution < 1.29 is 14.7 Å². The Hall–Kier alpha value is -3.05. The average molecular weight is 350 g/mol. The van der Waals surface area contributed by atoms with Gasteiger partial charge in [-0.3, -0.25) is 15.5 Å². The number of fused-ring (bicyclic) bond motifs is 1. The van der Waals surface area contributed by atoms with Crippen LogP contribution in [0.4, 0.5) is 0 Å². The van der Waals surface area contributed by atoms with Crippen LogP contribution in [0, 0.1) is 0 Å². The van der Waals surface area contributed by atoms with Crippen LogP contribution in [0.3, 0.4) is 0 Å². The van der Waals surface area contributed by atoms with Crippen LogP contribution >= 0.6 is 0 Å². The van der Waals surface area contributed by atoms with Crippen molar-refractivity contribution in [1.82, 2.24) is 10.4 Å². The number of hydrogen-bond donors (Lipinski definition) is 2. The summed E-state index contributed by atoms with van der Waals surface area (Å²) in [5, 5.41) is 8.79. The van der Waals surface area contributed by atoms with Crippen molar-refractivity contribution in [3.8, 4) is 5.75 Å². The van der Waals surface area contributed by atoms with E-state index in [9.17, 15) is 4.79 Å².